The summed E-state index contributed by atoms with van der Waals surface area (Å²) in [6.07, 6.45) is -0.971. The summed E-state index contributed by atoms with van der Waals surface area (Å²) in [6.45, 7) is 5.13. The molecule has 0 bridgehead atoms. The zero-order valence-corrected chi connectivity index (χ0v) is 17.3. The quantitative estimate of drug-likeness (QED) is 0.642. The van der Waals surface area contributed by atoms with Crippen molar-refractivity contribution in [2.75, 3.05) is 26.2 Å². The highest BCUT2D eigenvalue weighted by molar-refractivity contribution is 5.82. The topological polar surface area (TPSA) is 80.9 Å². The van der Waals surface area contributed by atoms with Crippen molar-refractivity contribution in [3.05, 3.63) is 60.5 Å². The standard InChI is InChI=1S/C23H24N4O4/c1-16-21(30-19-10-6-5-9-18(19)29-16)23(28)27-13-11-26(12-14-27)15-20-24-22(25-31-20)17-7-3-2-4-8-17/h2-10,16,21H,11-15H2,1H3. The predicted octanol–water partition coefficient (Wildman–Crippen LogP) is 2.61. The lowest BCUT2D eigenvalue weighted by molar-refractivity contribution is -0.146. The summed E-state index contributed by atoms with van der Waals surface area (Å²) in [4.78, 5) is 21.6. The molecule has 8 heteroatoms. The van der Waals surface area contributed by atoms with Gasteiger partial charge in [0.25, 0.3) is 5.91 Å². The van der Waals surface area contributed by atoms with E-state index in [1.165, 1.54) is 0 Å². The molecule has 3 aromatic rings. The van der Waals surface area contributed by atoms with Crippen LogP contribution >= 0.6 is 0 Å². The number of hydrogen-bond donors (Lipinski definition) is 0. The van der Waals surface area contributed by atoms with Crippen LogP contribution < -0.4 is 9.47 Å². The van der Waals surface area contributed by atoms with E-state index in [0.717, 1.165) is 18.7 Å². The molecule has 160 valence electrons. The first-order chi connectivity index (χ1) is 15.2. The van der Waals surface area contributed by atoms with Gasteiger partial charge >= 0.3 is 0 Å². The Balaban J connectivity index is 1.16. The molecule has 0 saturated carbocycles. The van der Waals surface area contributed by atoms with Crippen molar-refractivity contribution < 1.29 is 18.8 Å². The van der Waals surface area contributed by atoms with Crippen molar-refractivity contribution >= 4 is 5.91 Å². The number of rotatable bonds is 4. The molecule has 1 aromatic heterocycles. The van der Waals surface area contributed by atoms with Gasteiger partial charge in [-0.15, -0.1) is 0 Å². The Morgan fingerprint density at radius 3 is 2.39 bits per heavy atom. The normalized spacial score (nSPS) is 21.1. The van der Waals surface area contributed by atoms with Gasteiger partial charge in [0.05, 0.1) is 6.54 Å². The molecule has 5 rings (SSSR count). The molecule has 3 heterocycles. The van der Waals surface area contributed by atoms with E-state index in [2.05, 4.69) is 15.0 Å². The van der Waals surface area contributed by atoms with Crippen molar-refractivity contribution in [2.24, 2.45) is 0 Å². The molecule has 2 atom stereocenters. The van der Waals surface area contributed by atoms with Gasteiger partial charge in [0, 0.05) is 31.7 Å². The van der Waals surface area contributed by atoms with Crippen molar-refractivity contribution in [3.8, 4) is 22.9 Å². The van der Waals surface area contributed by atoms with Gasteiger partial charge in [0.2, 0.25) is 17.8 Å². The zero-order valence-electron chi connectivity index (χ0n) is 17.3. The first-order valence-electron chi connectivity index (χ1n) is 10.5. The number of fused-ring (bicyclic) bond motifs is 1. The predicted molar refractivity (Wildman–Crippen MR) is 113 cm³/mol. The molecule has 2 unspecified atom stereocenters. The molecule has 0 N–H and O–H groups in total. The van der Waals surface area contributed by atoms with E-state index < -0.39 is 6.10 Å². The van der Waals surface area contributed by atoms with E-state index in [4.69, 9.17) is 14.0 Å². The van der Waals surface area contributed by atoms with Gasteiger partial charge in [-0.1, -0.05) is 47.6 Å². The maximum atomic E-state index is 13.1. The molecule has 0 spiro atoms. The first kappa shape index (κ1) is 19.6. The van der Waals surface area contributed by atoms with Crippen LogP contribution in [0.3, 0.4) is 0 Å². The van der Waals surface area contributed by atoms with Gasteiger partial charge in [-0.2, -0.15) is 4.98 Å². The lowest BCUT2D eigenvalue weighted by Gasteiger charge is -2.38. The Hall–Kier alpha value is -3.39. The Morgan fingerprint density at radius 1 is 0.968 bits per heavy atom. The molecule has 2 aliphatic heterocycles. The third-order valence-corrected chi connectivity index (χ3v) is 5.63. The summed E-state index contributed by atoms with van der Waals surface area (Å²) >= 11 is 0. The number of carbonyl (C=O) groups excluding carboxylic acids is 1. The highest BCUT2D eigenvalue weighted by Crippen LogP contribution is 2.34. The fraction of sp³-hybridized carbons (Fsp3) is 0.348. The Morgan fingerprint density at radius 2 is 1.65 bits per heavy atom. The number of piperazine rings is 1. The van der Waals surface area contributed by atoms with Crippen LogP contribution in [0.25, 0.3) is 11.4 Å². The van der Waals surface area contributed by atoms with E-state index in [9.17, 15) is 4.79 Å². The number of hydrogen-bond acceptors (Lipinski definition) is 7. The molecule has 2 aliphatic rings. The van der Waals surface area contributed by atoms with E-state index >= 15 is 0 Å². The number of amides is 1. The maximum absolute atomic E-state index is 13.1. The second-order valence-electron chi connectivity index (χ2n) is 7.79. The summed E-state index contributed by atoms with van der Waals surface area (Å²) < 4.78 is 17.3. The third-order valence-electron chi connectivity index (χ3n) is 5.63. The number of ether oxygens (including phenoxy) is 2. The summed E-state index contributed by atoms with van der Waals surface area (Å²) in [6, 6.07) is 17.2. The smallest absolute Gasteiger partial charge is 0.267 e. The lowest BCUT2D eigenvalue weighted by atomic mass is 10.1. The van der Waals surface area contributed by atoms with Crippen LogP contribution in [-0.2, 0) is 11.3 Å². The molecule has 2 aromatic carbocycles. The monoisotopic (exact) mass is 420 g/mol. The second kappa shape index (κ2) is 8.39. The molecular weight excluding hydrogens is 396 g/mol. The average Bonchev–Trinajstić information content (AvgIpc) is 3.28. The van der Waals surface area contributed by atoms with E-state index in [-0.39, 0.29) is 12.0 Å². The lowest BCUT2D eigenvalue weighted by Crippen LogP contribution is -2.55. The Bertz CT molecular complexity index is 1050. The molecule has 31 heavy (non-hydrogen) atoms. The molecule has 1 saturated heterocycles. The summed E-state index contributed by atoms with van der Waals surface area (Å²) in [5, 5.41) is 4.08. The van der Waals surface area contributed by atoms with E-state index in [1.54, 1.807) is 0 Å². The third kappa shape index (κ3) is 4.11. The zero-order chi connectivity index (χ0) is 21.2. The maximum Gasteiger partial charge on any atom is 0.267 e. The number of benzene rings is 2. The highest BCUT2D eigenvalue weighted by Gasteiger charge is 2.37. The van der Waals surface area contributed by atoms with Crippen LogP contribution in [0, 0.1) is 0 Å². The molecule has 1 fully saturated rings. The van der Waals surface area contributed by atoms with Crippen LogP contribution in [0.2, 0.25) is 0 Å². The summed E-state index contributed by atoms with van der Waals surface area (Å²) in [5.74, 6) is 2.42. The average molecular weight is 420 g/mol. The van der Waals surface area contributed by atoms with Crippen LogP contribution in [0.1, 0.15) is 12.8 Å². The van der Waals surface area contributed by atoms with Gasteiger partial charge in [0.1, 0.15) is 6.10 Å². The number of aromatic nitrogens is 2. The Labute approximate surface area is 180 Å². The molecule has 0 aliphatic carbocycles. The number of carbonyl (C=O) groups is 1. The molecule has 8 nitrogen and oxygen atoms in total. The van der Waals surface area contributed by atoms with Crippen LogP contribution in [-0.4, -0.2) is 64.2 Å². The van der Waals surface area contributed by atoms with Crippen molar-refractivity contribution in [1.29, 1.82) is 0 Å². The van der Waals surface area contributed by atoms with Crippen molar-refractivity contribution in [3.63, 3.8) is 0 Å². The van der Waals surface area contributed by atoms with E-state index in [0.29, 0.717) is 42.8 Å². The molecule has 0 radical (unpaired) electrons. The van der Waals surface area contributed by atoms with Crippen LogP contribution in [0.15, 0.2) is 59.1 Å². The Kier molecular flexibility index (Phi) is 5.30. The fourth-order valence-corrected chi connectivity index (χ4v) is 3.91. The number of nitrogens with zero attached hydrogens (tertiary/aromatic N) is 4. The van der Waals surface area contributed by atoms with Gasteiger partial charge in [-0.3, -0.25) is 9.69 Å². The minimum atomic E-state index is -0.633. The van der Waals surface area contributed by atoms with E-state index in [1.807, 2.05) is 66.4 Å². The van der Waals surface area contributed by atoms with Crippen LogP contribution in [0.5, 0.6) is 11.5 Å². The van der Waals surface area contributed by atoms with Crippen molar-refractivity contribution in [1.82, 2.24) is 19.9 Å². The largest absolute Gasteiger partial charge is 0.482 e. The minimum absolute atomic E-state index is 0.0363. The minimum Gasteiger partial charge on any atom is -0.482 e. The molecular formula is C23H24N4O4. The van der Waals surface area contributed by atoms with Gasteiger partial charge in [-0.25, -0.2) is 0 Å². The van der Waals surface area contributed by atoms with Crippen molar-refractivity contribution in [2.45, 2.75) is 25.7 Å². The van der Waals surface area contributed by atoms with Gasteiger partial charge in [0.15, 0.2) is 11.5 Å². The first-order valence-corrected chi connectivity index (χ1v) is 10.5. The molecule has 1 amide bonds. The summed E-state index contributed by atoms with van der Waals surface area (Å²) in [5.41, 5.74) is 0.929. The van der Waals surface area contributed by atoms with Gasteiger partial charge < -0.3 is 18.9 Å². The number of para-hydroxylation sites is 2. The van der Waals surface area contributed by atoms with Gasteiger partial charge in [-0.05, 0) is 19.1 Å². The highest BCUT2D eigenvalue weighted by atomic mass is 16.6. The fourth-order valence-electron chi connectivity index (χ4n) is 3.91. The van der Waals surface area contributed by atoms with Crippen LogP contribution in [0.4, 0.5) is 0 Å². The summed E-state index contributed by atoms with van der Waals surface area (Å²) in [7, 11) is 0. The second-order valence-corrected chi connectivity index (χ2v) is 7.79. The SMILES string of the molecule is CC1Oc2ccccc2OC1C(=O)N1CCN(Cc2nc(-c3ccccc3)no2)CC1.